The van der Waals surface area contributed by atoms with Crippen molar-refractivity contribution in [3.63, 3.8) is 0 Å². The highest BCUT2D eigenvalue weighted by molar-refractivity contribution is 5.82. The molecule has 188 valence electrons. The number of ether oxygens (including phenoxy) is 2. The summed E-state index contributed by atoms with van der Waals surface area (Å²) in [4.78, 5) is 20.9. The fraction of sp³-hybridized carbons (Fsp3) is 0.536. The van der Waals surface area contributed by atoms with Gasteiger partial charge in [-0.15, -0.1) is 0 Å². The Bertz CT molecular complexity index is 1020. The molecule has 0 unspecified atom stereocenters. The first kappa shape index (κ1) is 23.8. The largest absolute Gasteiger partial charge is 0.497 e. The van der Waals surface area contributed by atoms with Gasteiger partial charge in [-0.1, -0.05) is 24.6 Å². The van der Waals surface area contributed by atoms with Gasteiger partial charge in [0, 0.05) is 44.5 Å². The molecule has 7 heteroatoms. The number of likely N-dealkylation sites (tertiary alicyclic amines) is 1. The molecule has 0 saturated carbocycles. The van der Waals surface area contributed by atoms with Crippen LogP contribution in [-0.4, -0.2) is 76.9 Å². The van der Waals surface area contributed by atoms with Gasteiger partial charge in [0.15, 0.2) is 0 Å². The van der Waals surface area contributed by atoms with Crippen LogP contribution < -0.4 is 24.6 Å². The lowest BCUT2D eigenvalue weighted by molar-refractivity contribution is -0.125. The number of anilines is 2. The molecule has 0 radical (unpaired) electrons. The maximum atomic E-state index is 13.6. The number of piperidine rings is 1. The second kappa shape index (κ2) is 10.8. The van der Waals surface area contributed by atoms with Crippen LogP contribution in [0.3, 0.4) is 0 Å². The van der Waals surface area contributed by atoms with Crippen LogP contribution in [0.4, 0.5) is 11.4 Å². The predicted octanol–water partition coefficient (Wildman–Crippen LogP) is 3.17. The highest BCUT2D eigenvalue weighted by Gasteiger charge is 2.42. The van der Waals surface area contributed by atoms with Gasteiger partial charge in [-0.3, -0.25) is 4.79 Å². The van der Waals surface area contributed by atoms with Gasteiger partial charge in [-0.05, 0) is 56.1 Å². The maximum absolute atomic E-state index is 13.6. The van der Waals surface area contributed by atoms with E-state index in [4.69, 9.17) is 9.47 Å². The maximum Gasteiger partial charge on any atom is 0.225 e. The Morgan fingerprint density at radius 1 is 0.971 bits per heavy atom. The molecule has 7 nitrogen and oxygen atoms in total. The van der Waals surface area contributed by atoms with Crippen LogP contribution in [0.1, 0.15) is 24.8 Å². The van der Waals surface area contributed by atoms with Crippen molar-refractivity contribution in [3.8, 4) is 11.5 Å². The van der Waals surface area contributed by atoms with Crippen molar-refractivity contribution < 1.29 is 14.3 Å². The summed E-state index contributed by atoms with van der Waals surface area (Å²) in [6.07, 6.45) is 4.62. The number of rotatable bonds is 7. The molecule has 2 saturated heterocycles. The number of nitrogens with zero attached hydrogens (tertiary/aromatic N) is 3. The van der Waals surface area contributed by atoms with Gasteiger partial charge in [-0.25, -0.2) is 0 Å². The molecule has 3 aliphatic rings. The number of amides is 1. The molecule has 0 aliphatic carbocycles. The fourth-order valence-electron chi connectivity index (χ4n) is 5.97. The molecule has 0 bridgehead atoms. The molecule has 3 aliphatic heterocycles. The van der Waals surface area contributed by atoms with Crippen molar-refractivity contribution in [2.45, 2.75) is 31.7 Å². The number of carbonyl (C=O) groups is 1. The van der Waals surface area contributed by atoms with E-state index < -0.39 is 0 Å². The van der Waals surface area contributed by atoms with E-state index in [-0.39, 0.29) is 17.9 Å². The summed E-state index contributed by atoms with van der Waals surface area (Å²) in [5.41, 5.74) is 3.52. The van der Waals surface area contributed by atoms with Gasteiger partial charge in [0.1, 0.15) is 11.5 Å². The monoisotopic (exact) mass is 478 g/mol. The molecule has 2 fully saturated rings. The highest BCUT2D eigenvalue weighted by atomic mass is 16.5. The molecule has 2 aromatic carbocycles. The lowest BCUT2D eigenvalue weighted by Crippen LogP contribution is -2.61. The zero-order valence-corrected chi connectivity index (χ0v) is 21.0. The van der Waals surface area contributed by atoms with Gasteiger partial charge in [-0.2, -0.15) is 0 Å². The molecule has 0 aromatic heterocycles. The third kappa shape index (κ3) is 5.06. The van der Waals surface area contributed by atoms with Crippen molar-refractivity contribution in [2.75, 3.05) is 69.8 Å². The van der Waals surface area contributed by atoms with Crippen molar-refractivity contribution >= 4 is 17.3 Å². The zero-order valence-electron chi connectivity index (χ0n) is 21.0. The van der Waals surface area contributed by atoms with Crippen LogP contribution in [-0.2, 0) is 11.2 Å². The standard InChI is InChI=1S/C28H38N4O3/c1-34-22-11-10-21-18-23(28(33)29-12-15-30-13-6-3-7-14-30)26-20-31(16-17-32(26)25(21)19-22)24-8-4-5-9-27(24)35-2/h4-5,8-11,19,23,26H,3,6-7,12-18,20H2,1-2H3,(H,29,33)/t23-,26+/m0/s1. The molecule has 3 heterocycles. The third-order valence-corrected chi connectivity index (χ3v) is 7.86. The van der Waals surface area contributed by atoms with E-state index >= 15 is 0 Å². The lowest BCUT2D eigenvalue weighted by atomic mass is 9.83. The number of hydrogen-bond donors (Lipinski definition) is 1. The molecule has 5 rings (SSSR count). The highest BCUT2D eigenvalue weighted by Crippen LogP contribution is 2.40. The zero-order chi connectivity index (χ0) is 24.2. The third-order valence-electron chi connectivity index (χ3n) is 7.86. The lowest BCUT2D eigenvalue weighted by Gasteiger charge is -2.49. The van der Waals surface area contributed by atoms with E-state index in [2.05, 4.69) is 44.3 Å². The topological polar surface area (TPSA) is 57.3 Å². The number of fused-ring (bicyclic) bond motifs is 3. The van der Waals surface area contributed by atoms with Crippen molar-refractivity contribution in [1.82, 2.24) is 10.2 Å². The van der Waals surface area contributed by atoms with Crippen molar-refractivity contribution in [2.24, 2.45) is 5.92 Å². The average molecular weight is 479 g/mol. The van der Waals surface area contributed by atoms with E-state index in [1.807, 2.05) is 18.2 Å². The number of nitrogens with one attached hydrogen (secondary N) is 1. The number of methoxy groups -OCH3 is 2. The van der Waals surface area contributed by atoms with Crippen LogP contribution in [0.2, 0.25) is 0 Å². The number of benzene rings is 2. The van der Waals surface area contributed by atoms with E-state index in [1.54, 1.807) is 14.2 Å². The predicted molar refractivity (Wildman–Crippen MR) is 140 cm³/mol. The first-order valence-electron chi connectivity index (χ1n) is 13.0. The van der Waals surface area contributed by atoms with Crippen molar-refractivity contribution in [3.05, 3.63) is 48.0 Å². The second-order valence-electron chi connectivity index (χ2n) is 9.88. The smallest absolute Gasteiger partial charge is 0.225 e. The first-order chi connectivity index (χ1) is 17.2. The van der Waals surface area contributed by atoms with Gasteiger partial charge in [0.05, 0.1) is 31.9 Å². The summed E-state index contributed by atoms with van der Waals surface area (Å²) in [7, 11) is 3.43. The van der Waals surface area contributed by atoms with E-state index in [0.29, 0.717) is 6.54 Å². The summed E-state index contributed by atoms with van der Waals surface area (Å²) < 4.78 is 11.2. The minimum Gasteiger partial charge on any atom is -0.497 e. The van der Waals surface area contributed by atoms with Crippen LogP contribution >= 0.6 is 0 Å². The van der Waals surface area contributed by atoms with Gasteiger partial charge < -0.3 is 29.5 Å². The number of hydrogen-bond acceptors (Lipinski definition) is 6. The molecule has 2 aromatic rings. The second-order valence-corrected chi connectivity index (χ2v) is 9.88. The quantitative estimate of drug-likeness (QED) is 0.660. The molecule has 0 spiro atoms. The minimum atomic E-state index is -0.102. The summed E-state index contributed by atoms with van der Waals surface area (Å²) in [6, 6.07) is 14.5. The Morgan fingerprint density at radius 2 is 1.80 bits per heavy atom. The Labute approximate surface area is 209 Å². The van der Waals surface area contributed by atoms with Crippen LogP contribution in [0.15, 0.2) is 42.5 Å². The molecule has 1 N–H and O–H groups in total. The van der Waals surface area contributed by atoms with E-state index in [0.717, 1.165) is 62.9 Å². The van der Waals surface area contributed by atoms with E-state index in [1.165, 1.54) is 30.5 Å². The molecule has 1 amide bonds. The normalized spacial score (nSPS) is 22.2. The van der Waals surface area contributed by atoms with Gasteiger partial charge in [0.25, 0.3) is 0 Å². The van der Waals surface area contributed by atoms with Crippen LogP contribution in [0.25, 0.3) is 0 Å². The average Bonchev–Trinajstić information content (AvgIpc) is 2.92. The summed E-state index contributed by atoms with van der Waals surface area (Å²) >= 11 is 0. The number of piperazine rings is 1. The van der Waals surface area contributed by atoms with Gasteiger partial charge >= 0.3 is 0 Å². The van der Waals surface area contributed by atoms with Crippen molar-refractivity contribution in [1.29, 1.82) is 0 Å². The van der Waals surface area contributed by atoms with E-state index in [9.17, 15) is 4.79 Å². The summed E-state index contributed by atoms with van der Waals surface area (Å²) in [6.45, 7) is 6.46. The molecule has 35 heavy (non-hydrogen) atoms. The minimum absolute atomic E-state index is 0.0863. The number of para-hydroxylation sites is 2. The fourth-order valence-corrected chi connectivity index (χ4v) is 5.97. The Balaban J connectivity index is 1.36. The Kier molecular flexibility index (Phi) is 7.32. The van der Waals surface area contributed by atoms with Crippen LogP contribution in [0.5, 0.6) is 11.5 Å². The summed E-state index contributed by atoms with van der Waals surface area (Å²) in [5, 5.41) is 3.29. The molecule has 2 atom stereocenters. The summed E-state index contributed by atoms with van der Waals surface area (Å²) in [5.74, 6) is 1.80. The Morgan fingerprint density at radius 3 is 2.60 bits per heavy atom. The van der Waals surface area contributed by atoms with Gasteiger partial charge in [0.2, 0.25) is 5.91 Å². The number of carbonyl (C=O) groups excluding carboxylic acids is 1. The molecular formula is C28H38N4O3. The first-order valence-corrected chi connectivity index (χ1v) is 13.0. The molecular weight excluding hydrogens is 440 g/mol. The van der Waals surface area contributed by atoms with Crippen LogP contribution in [0, 0.1) is 5.92 Å². The Hall–Kier alpha value is -2.93. The SMILES string of the molecule is COc1ccc2c(c1)N1CCN(c3ccccc3OC)C[C@@H]1[C@@H](C(=O)NCCN1CCCCC1)C2.